The molecule has 1 aromatic heterocycles. The SMILES string of the molecule is Cc1ccc(NC(=O)c2cncn2-c2ccccc2)cc1F. The summed E-state index contributed by atoms with van der Waals surface area (Å²) >= 11 is 0. The number of nitrogens with one attached hydrogen (secondary N) is 1. The Morgan fingerprint density at radius 2 is 1.95 bits per heavy atom. The smallest absolute Gasteiger partial charge is 0.274 e. The molecule has 0 bridgehead atoms. The lowest BCUT2D eigenvalue weighted by Gasteiger charge is -2.09. The second-order valence-corrected chi connectivity index (χ2v) is 4.90. The molecule has 0 fully saturated rings. The van der Waals surface area contributed by atoms with E-state index in [1.54, 1.807) is 30.0 Å². The van der Waals surface area contributed by atoms with Crippen molar-refractivity contribution in [3.8, 4) is 5.69 Å². The van der Waals surface area contributed by atoms with Crippen molar-refractivity contribution in [2.45, 2.75) is 6.92 Å². The number of hydrogen-bond donors (Lipinski definition) is 1. The molecule has 0 aliphatic heterocycles. The van der Waals surface area contributed by atoms with Crippen LogP contribution in [0, 0.1) is 12.7 Å². The molecular weight excluding hydrogens is 281 g/mol. The second kappa shape index (κ2) is 5.81. The van der Waals surface area contributed by atoms with E-state index in [-0.39, 0.29) is 11.7 Å². The number of aromatic nitrogens is 2. The van der Waals surface area contributed by atoms with Crippen LogP contribution in [0.15, 0.2) is 61.1 Å². The van der Waals surface area contributed by atoms with Gasteiger partial charge in [0, 0.05) is 11.4 Å². The van der Waals surface area contributed by atoms with Gasteiger partial charge in [-0.05, 0) is 36.8 Å². The van der Waals surface area contributed by atoms with E-state index < -0.39 is 0 Å². The molecule has 5 heteroatoms. The molecule has 0 atom stereocenters. The first-order valence-electron chi connectivity index (χ1n) is 6.80. The van der Waals surface area contributed by atoms with E-state index in [1.165, 1.54) is 12.3 Å². The third kappa shape index (κ3) is 2.74. The Balaban J connectivity index is 1.87. The quantitative estimate of drug-likeness (QED) is 0.803. The van der Waals surface area contributed by atoms with E-state index in [9.17, 15) is 9.18 Å². The third-order valence-electron chi connectivity index (χ3n) is 3.34. The van der Waals surface area contributed by atoms with Crippen LogP contribution in [-0.4, -0.2) is 15.5 Å². The summed E-state index contributed by atoms with van der Waals surface area (Å²) in [6.45, 7) is 1.67. The first kappa shape index (κ1) is 14.0. The number of aryl methyl sites for hydroxylation is 1. The maximum atomic E-state index is 13.5. The Morgan fingerprint density at radius 3 is 2.68 bits per heavy atom. The van der Waals surface area contributed by atoms with Gasteiger partial charge >= 0.3 is 0 Å². The van der Waals surface area contributed by atoms with Crippen LogP contribution in [0.5, 0.6) is 0 Å². The highest BCUT2D eigenvalue weighted by molar-refractivity contribution is 6.03. The van der Waals surface area contributed by atoms with Crippen LogP contribution in [0.2, 0.25) is 0 Å². The van der Waals surface area contributed by atoms with Crippen molar-refractivity contribution in [3.63, 3.8) is 0 Å². The Kier molecular flexibility index (Phi) is 3.70. The molecule has 0 unspecified atom stereocenters. The van der Waals surface area contributed by atoms with E-state index in [4.69, 9.17) is 0 Å². The molecule has 3 rings (SSSR count). The number of benzene rings is 2. The van der Waals surface area contributed by atoms with Crippen molar-refractivity contribution in [1.82, 2.24) is 9.55 Å². The van der Waals surface area contributed by atoms with Crippen molar-refractivity contribution in [2.24, 2.45) is 0 Å². The van der Waals surface area contributed by atoms with Gasteiger partial charge in [-0.1, -0.05) is 24.3 Å². The van der Waals surface area contributed by atoms with E-state index in [2.05, 4.69) is 10.3 Å². The number of carbonyl (C=O) groups excluding carboxylic acids is 1. The van der Waals surface area contributed by atoms with Gasteiger partial charge in [0.2, 0.25) is 0 Å². The Bertz CT molecular complexity index is 812. The number of imidazole rings is 1. The van der Waals surface area contributed by atoms with Crippen molar-refractivity contribution in [2.75, 3.05) is 5.32 Å². The number of halogens is 1. The maximum absolute atomic E-state index is 13.5. The minimum absolute atomic E-state index is 0.343. The van der Waals surface area contributed by atoms with Crippen molar-refractivity contribution in [1.29, 1.82) is 0 Å². The average Bonchev–Trinajstić information content (AvgIpc) is 3.01. The van der Waals surface area contributed by atoms with Crippen LogP contribution in [-0.2, 0) is 0 Å². The van der Waals surface area contributed by atoms with Crippen molar-refractivity contribution in [3.05, 3.63) is 78.1 Å². The molecule has 3 aromatic rings. The standard InChI is InChI=1S/C17H14FN3O/c1-12-7-8-13(9-15(12)18)20-17(22)16-10-19-11-21(16)14-5-3-2-4-6-14/h2-11H,1H3,(H,20,22). The van der Waals surface area contributed by atoms with E-state index >= 15 is 0 Å². The summed E-state index contributed by atoms with van der Waals surface area (Å²) in [6.07, 6.45) is 3.05. The van der Waals surface area contributed by atoms with Crippen LogP contribution in [0.3, 0.4) is 0 Å². The highest BCUT2D eigenvalue weighted by Crippen LogP contribution is 2.16. The van der Waals surface area contributed by atoms with Crippen molar-refractivity contribution < 1.29 is 9.18 Å². The second-order valence-electron chi connectivity index (χ2n) is 4.90. The zero-order valence-corrected chi connectivity index (χ0v) is 12.0. The summed E-state index contributed by atoms with van der Waals surface area (Å²) < 4.78 is 15.2. The lowest BCUT2D eigenvalue weighted by molar-refractivity contribution is 0.102. The van der Waals surface area contributed by atoms with Gasteiger partial charge in [0.1, 0.15) is 11.5 Å². The largest absolute Gasteiger partial charge is 0.321 e. The van der Waals surface area contributed by atoms with E-state index in [0.29, 0.717) is 16.9 Å². The van der Waals surface area contributed by atoms with Gasteiger partial charge in [-0.15, -0.1) is 0 Å². The lowest BCUT2D eigenvalue weighted by Crippen LogP contribution is -2.16. The van der Waals surface area contributed by atoms with Crippen LogP contribution in [0.4, 0.5) is 10.1 Å². The molecule has 0 aliphatic rings. The monoisotopic (exact) mass is 295 g/mol. The van der Waals surface area contributed by atoms with Gasteiger partial charge in [-0.25, -0.2) is 9.37 Å². The lowest BCUT2D eigenvalue weighted by atomic mass is 10.2. The van der Waals surface area contributed by atoms with Gasteiger partial charge < -0.3 is 5.32 Å². The fourth-order valence-corrected chi connectivity index (χ4v) is 2.12. The molecule has 1 heterocycles. The van der Waals surface area contributed by atoms with Gasteiger partial charge in [-0.3, -0.25) is 9.36 Å². The van der Waals surface area contributed by atoms with Crippen LogP contribution < -0.4 is 5.32 Å². The molecule has 22 heavy (non-hydrogen) atoms. The summed E-state index contributed by atoms with van der Waals surface area (Å²) in [6, 6.07) is 14.0. The van der Waals surface area contributed by atoms with Crippen molar-refractivity contribution >= 4 is 11.6 Å². The predicted octanol–water partition coefficient (Wildman–Crippen LogP) is 3.57. The number of carbonyl (C=O) groups is 1. The first-order valence-corrected chi connectivity index (χ1v) is 6.80. The highest BCUT2D eigenvalue weighted by Gasteiger charge is 2.13. The van der Waals surface area contributed by atoms with Crippen LogP contribution >= 0.6 is 0 Å². The summed E-state index contributed by atoms with van der Waals surface area (Å²) in [5, 5.41) is 2.68. The van der Waals surface area contributed by atoms with Gasteiger partial charge in [0.05, 0.1) is 12.5 Å². The van der Waals surface area contributed by atoms with Crippen LogP contribution in [0.1, 0.15) is 16.1 Å². The average molecular weight is 295 g/mol. The predicted molar refractivity (Wildman–Crippen MR) is 82.7 cm³/mol. The molecule has 1 N–H and O–H groups in total. The maximum Gasteiger partial charge on any atom is 0.274 e. The molecule has 4 nitrogen and oxygen atoms in total. The van der Waals surface area contributed by atoms with Gasteiger partial charge in [-0.2, -0.15) is 0 Å². The molecule has 0 aliphatic carbocycles. The number of nitrogens with zero attached hydrogens (tertiary/aromatic N) is 2. The Labute approximate surface area is 127 Å². The molecule has 0 spiro atoms. The number of rotatable bonds is 3. The fourth-order valence-electron chi connectivity index (χ4n) is 2.12. The number of anilines is 1. The van der Waals surface area contributed by atoms with Gasteiger partial charge in [0.25, 0.3) is 5.91 Å². The molecule has 0 saturated heterocycles. The minimum Gasteiger partial charge on any atom is -0.321 e. The molecular formula is C17H14FN3O. The first-order chi connectivity index (χ1) is 10.6. The summed E-state index contributed by atoms with van der Waals surface area (Å²) in [4.78, 5) is 16.4. The number of para-hydroxylation sites is 1. The van der Waals surface area contributed by atoms with Gasteiger partial charge in [0.15, 0.2) is 0 Å². The Hall–Kier alpha value is -2.95. The minimum atomic E-state index is -0.352. The zero-order valence-electron chi connectivity index (χ0n) is 12.0. The topological polar surface area (TPSA) is 46.9 Å². The molecule has 2 aromatic carbocycles. The number of amides is 1. The molecule has 0 saturated carbocycles. The third-order valence-corrected chi connectivity index (χ3v) is 3.34. The summed E-state index contributed by atoms with van der Waals surface area (Å²) in [7, 11) is 0. The highest BCUT2D eigenvalue weighted by atomic mass is 19.1. The van der Waals surface area contributed by atoms with E-state index in [0.717, 1.165) is 5.69 Å². The summed E-state index contributed by atoms with van der Waals surface area (Å²) in [5.41, 5.74) is 2.16. The van der Waals surface area contributed by atoms with E-state index in [1.807, 2.05) is 30.3 Å². The summed E-state index contributed by atoms with van der Waals surface area (Å²) in [5.74, 6) is -0.695. The fraction of sp³-hybridized carbons (Fsp3) is 0.0588. The van der Waals surface area contributed by atoms with Crippen LogP contribution in [0.25, 0.3) is 5.69 Å². The zero-order chi connectivity index (χ0) is 15.5. The molecule has 0 radical (unpaired) electrons. The number of hydrogen-bond acceptors (Lipinski definition) is 2. The Morgan fingerprint density at radius 1 is 1.18 bits per heavy atom. The molecule has 110 valence electrons. The normalized spacial score (nSPS) is 10.5. The molecule has 1 amide bonds.